The topological polar surface area (TPSA) is 26.0 Å². The summed E-state index contributed by atoms with van der Waals surface area (Å²) in [7, 11) is 0. The normalized spacial score (nSPS) is 14.2. The Bertz CT molecular complexity index is 355. The average Bonchev–Trinajstić information content (AvgIpc) is 2.49. The van der Waals surface area contributed by atoms with Gasteiger partial charge in [-0.15, -0.1) is 0 Å². The van der Waals surface area contributed by atoms with Gasteiger partial charge in [-0.2, -0.15) is 0 Å². The fourth-order valence-electron chi connectivity index (χ4n) is 1.74. The van der Waals surface area contributed by atoms with Crippen LogP contribution in [0, 0.1) is 5.82 Å². The monoisotopic (exact) mass is 177 g/mol. The third-order valence-electron chi connectivity index (χ3n) is 2.38. The highest BCUT2D eigenvalue weighted by Crippen LogP contribution is 2.28. The van der Waals surface area contributed by atoms with E-state index in [0.717, 1.165) is 24.0 Å². The summed E-state index contributed by atoms with van der Waals surface area (Å²) in [6, 6.07) is 5.20. The number of halogens is 1. The molecule has 68 valence electrons. The second-order valence-electron chi connectivity index (χ2n) is 3.33. The summed E-state index contributed by atoms with van der Waals surface area (Å²) in [5.41, 5.74) is 8.53. The van der Waals surface area contributed by atoms with E-state index < -0.39 is 0 Å². The smallest absolute Gasteiger partial charge is 0.127 e. The molecule has 0 aliphatic heterocycles. The first-order chi connectivity index (χ1) is 6.31. The first kappa shape index (κ1) is 8.45. The predicted octanol–water partition coefficient (Wildman–Crippen LogP) is 2.11. The highest BCUT2D eigenvalue weighted by Gasteiger charge is 2.14. The van der Waals surface area contributed by atoms with Crippen molar-refractivity contribution in [1.82, 2.24) is 0 Å². The van der Waals surface area contributed by atoms with Crippen molar-refractivity contribution >= 4 is 6.08 Å². The molecule has 0 radical (unpaired) electrons. The van der Waals surface area contributed by atoms with Gasteiger partial charge in [0.05, 0.1) is 0 Å². The molecule has 13 heavy (non-hydrogen) atoms. The quantitative estimate of drug-likeness (QED) is 0.735. The van der Waals surface area contributed by atoms with Crippen LogP contribution in [0.5, 0.6) is 0 Å². The summed E-state index contributed by atoms with van der Waals surface area (Å²) in [6.07, 6.45) is 3.65. The standard InChI is InChI=1S/C11H12FN/c12-11-3-1-2-9-6-8(4-5-13)7-10(9)11/h1-3,6H,4-5,7,13H2. The molecule has 2 N–H and O–H groups in total. The van der Waals surface area contributed by atoms with Gasteiger partial charge in [0.25, 0.3) is 0 Å². The van der Waals surface area contributed by atoms with Crippen molar-refractivity contribution in [2.24, 2.45) is 5.73 Å². The Kier molecular flexibility index (Phi) is 2.15. The van der Waals surface area contributed by atoms with E-state index in [1.165, 1.54) is 11.6 Å². The largest absolute Gasteiger partial charge is 0.330 e. The van der Waals surface area contributed by atoms with Crippen LogP contribution in [0.25, 0.3) is 6.08 Å². The fourth-order valence-corrected chi connectivity index (χ4v) is 1.74. The SMILES string of the molecule is NCCC1=Cc2cccc(F)c2C1. The van der Waals surface area contributed by atoms with Crippen molar-refractivity contribution < 1.29 is 4.39 Å². The van der Waals surface area contributed by atoms with Crippen LogP contribution in [0.15, 0.2) is 23.8 Å². The number of nitrogens with two attached hydrogens (primary N) is 1. The Morgan fingerprint density at radius 2 is 2.23 bits per heavy atom. The van der Waals surface area contributed by atoms with Gasteiger partial charge < -0.3 is 5.73 Å². The predicted molar refractivity (Wildman–Crippen MR) is 51.8 cm³/mol. The molecular formula is C11H12FN. The zero-order valence-corrected chi connectivity index (χ0v) is 7.39. The van der Waals surface area contributed by atoms with E-state index in [-0.39, 0.29) is 5.82 Å². The molecule has 0 amide bonds. The Hall–Kier alpha value is -1.15. The van der Waals surface area contributed by atoms with E-state index in [9.17, 15) is 4.39 Å². The van der Waals surface area contributed by atoms with Crippen LogP contribution >= 0.6 is 0 Å². The summed E-state index contributed by atoms with van der Waals surface area (Å²) in [4.78, 5) is 0. The molecule has 0 saturated carbocycles. The van der Waals surface area contributed by atoms with E-state index in [0.29, 0.717) is 6.54 Å². The lowest BCUT2D eigenvalue weighted by Gasteiger charge is -1.99. The highest BCUT2D eigenvalue weighted by molar-refractivity contribution is 5.63. The molecule has 1 nitrogen and oxygen atoms in total. The molecule has 1 aromatic rings. The number of rotatable bonds is 2. The average molecular weight is 177 g/mol. The molecule has 0 bridgehead atoms. The first-order valence-corrected chi connectivity index (χ1v) is 4.48. The van der Waals surface area contributed by atoms with Crippen LogP contribution in [0.1, 0.15) is 17.5 Å². The van der Waals surface area contributed by atoms with Gasteiger partial charge >= 0.3 is 0 Å². The number of benzene rings is 1. The van der Waals surface area contributed by atoms with Crippen molar-refractivity contribution in [2.75, 3.05) is 6.54 Å². The van der Waals surface area contributed by atoms with Crippen LogP contribution in [-0.4, -0.2) is 6.54 Å². The molecule has 2 rings (SSSR count). The first-order valence-electron chi connectivity index (χ1n) is 4.48. The van der Waals surface area contributed by atoms with Crippen LogP contribution in [-0.2, 0) is 6.42 Å². The van der Waals surface area contributed by atoms with Crippen LogP contribution in [0.3, 0.4) is 0 Å². The lowest BCUT2D eigenvalue weighted by molar-refractivity contribution is 0.613. The summed E-state index contributed by atoms with van der Waals surface area (Å²) in [6.45, 7) is 0.640. The molecule has 0 atom stereocenters. The van der Waals surface area contributed by atoms with E-state index in [1.807, 2.05) is 12.1 Å². The van der Waals surface area contributed by atoms with E-state index in [4.69, 9.17) is 5.73 Å². The molecule has 0 unspecified atom stereocenters. The summed E-state index contributed by atoms with van der Waals surface area (Å²) in [5, 5.41) is 0. The maximum absolute atomic E-state index is 13.2. The van der Waals surface area contributed by atoms with Gasteiger partial charge in [-0.3, -0.25) is 0 Å². The fraction of sp³-hybridized carbons (Fsp3) is 0.273. The number of hydrogen-bond donors (Lipinski definition) is 1. The maximum atomic E-state index is 13.2. The Morgan fingerprint density at radius 3 is 2.92 bits per heavy atom. The molecule has 1 aromatic carbocycles. The van der Waals surface area contributed by atoms with Crippen LogP contribution in [0.2, 0.25) is 0 Å². The highest BCUT2D eigenvalue weighted by atomic mass is 19.1. The number of fused-ring (bicyclic) bond motifs is 1. The van der Waals surface area contributed by atoms with Crippen molar-refractivity contribution in [3.05, 3.63) is 40.7 Å². The van der Waals surface area contributed by atoms with Crippen molar-refractivity contribution in [1.29, 1.82) is 0 Å². The van der Waals surface area contributed by atoms with E-state index in [1.54, 1.807) is 6.07 Å². The summed E-state index contributed by atoms with van der Waals surface area (Å²) in [5.74, 6) is -0.0965. The van der Waals surface area contributed by atoms with Gasteiger partial charge in [0.15, 0.2) is 0 Å². The van der Waals surface area contributed by atoms with Gasteiger partial charge in [-0.1, -0.05) is 23.8 Å². The molecular weight excluding hydrogens is 165 g/mol. The van der Waals surface area contributed by atoms with Gasteiger partial charge in [-0.05, 0) is 36.6 Å². The number of hydrogen-bond acceptors (Lipinski definition) is 1. The van der Waals surface area contributed by atoms with Crippen molar-refractivity contribution in [3.8, 4) is 0 Å². The summed E-state index contributed by atoms with van der Waals surface area (Å²) >= 11 is 0. The van der Waals surface area contributed by atoms with E-state index >= 15 is 0 Å². The lowest BCUT2D eigenvalue weighted by atomic mass is 10.1. The molecule has 1 aliphatic rings. The second kappa shape index (κ2) is 3.30. The van der Waals surface area contributed by atoms with Gasteiger partial charge in [0.1, 0.15) is 5.82 Å². The van der Waals surface area contributed by atoms with Gasteiger partial charge in [0, 0.05) is 0 Å². The van der Waals surface area contributed by atoms with Crippen molar-refractivity contribution in [2.45, 2.75) is 12.8 Å². The Labute approximate surface area is 77.1 Å². The zero-order valence-electron chi connectivity index (χ0n) is 7.39. The minimum Gasteiger partial charge on any atom is -0.330 e. The molecule has 0 spiro atoms. The maximum Gasteiger partial charge on any atom is 0.127 e. The van der Waals surface area contributed by atoms with Crippen molar-refractivity contribution in [3.63, 3.8) is 0 Å². The summed E-state index contributed by atoms with van der Waals surface area (Å²) < 4.78 is 13.2. The van der Waals surface area contributed by atoms with Gasteiger partial charge in [-0.25, -0.2) is 4.39 Å². The molecule has 1 aliphatic carbocycles. The molecule has 0 fully saturated rings. The third kappa shape index (κ3) is 1.49. The molecule has 0 heterocycles. The minimum absolute atomic E-state index is 0.0965. The lowest BCUT2D eigenvalue weighted by Crippen LogP contribution is -2.00. The molecule has 0 saturated heterocycles. The minimum atomic E-state index is -0.0965. The zero-order chi connectivity index (χ0) is 9.26. The third-order valence-corrected chi connectivity index (χ3v) is 2.38. The van der Waals surface area contributed by atoms with Crippen LogP contribution in [0.4, 0.5) is 4.39 Å². The molecule has 2 heteroatoms. The Morgan fingerprint density at radius 1 is 1.38 bits per heavy atom. The second-order valence-corrected chi connectivity index (χ2v) is 3.33. The Balaban J connectivity index is 2.30. The van der Waals surface area contributed by atoms with Gasteiger partial charge in [0.2, 0.25) is 0 Å². The van der Waals surface area contributed by atoms with Crippen LogP contribution < -0.4 is 5.73 Å². The molecule has 0 aromatic heterocycles. The van der Waals surface area contributed by atoms with E-state index in [2.05, 4.69) is 0 Å².